The van der Waals surface area contributed by atoms with Gasteiger partial charge < -0.3 is 0 Å². The molecule has 0 aliphatic rings. The Morgan fingerprint density at radius 3 is 2.23 bits per heavy atom. The smallest absolute Gasteiger partial charge is 0.218 e. The first-order valence-electron chi connectivity index (χ1n) is 8.31. The fourth-order valence-corrected chi connectivity index (χ4v) is 4.73. The average molecular weight is 373 g/mol. The number of hydrogen-bond donors (Lipinski definition) is 0. The van der Waals surface area contributed by atoms with Gasteiger partial charge >= 0.3 is 0 Å². The zero-order valence-electron chi connectivity index (χ0n) is 13.7. The van der Waals surface area contributed by atoms with E-state index in [-0.39, 0.29) is 5.28 Å². The first-order chi connectivity index (χ1) is 12.8. The van der Waals surface area contributed by atoms with E-state index in [1.807, 2.05) is 24.3 Å². The van der Waals surface area contributed by atoms with Gasteiger partial charge in [0.15, 0.2) is 0 Å². The molecule has 2 aromatic heterocycles. The molecule has 0 N–H and O–H groups in total. The molecule has 2 heterocycles. The molecule has 0 saturated heterocycles. The van der Waals surface area contributed by atoms with E-state index in [4.69, 9.17) is 11.6 Å². The SMILES string of the molecule is Clc1nc(-c2sc3ccccc3c2-c2ccccc2)c2ccccc2n1. The highest BCUT2D eigenvalue weighted by molar-refractivity contribution is 7.23. The predicted octanol–water partition coefficient (Wildman–Crippen LogP) is 6.83. The second-order valence-electron chi connectivity index (χ2n) is 6.03. The van der Waals surface area contributed by atoms with Gasteiger partial charge in [-0.25, -0.2) is 9.97 Å². The van der Waals surface area contributed by atoms with E-state index in [2.05, 4.69) is 64.6 Å². The predicted molar refractivity (Wildman–Crippen MR) is 111 cm³/mol. The summed E-state index contributed by atoms with van der Waals surface area (Å²) >= 11 is 8.00. The number of nitrogens with zero attached hydrogens (tertiary/aromatic N) is 2. The number of aromatic nitrogens is 2. The summed E-state index contributed by atoms with van der Waals surface area (Å²) < 4.78 is 1.24. The lowest BCUT2D eigenvalue weighted by atomic mass is 9.99. The summed E-state index contributed by atoms with van der Waals surface area (Å²) in [7, 11) is 0. The van der Waals surface area contributed by atoms with Crippen LogP contribution in [-0.2, 0) is 0 Å². The van der Waals surface area contributed by atoms with Gasteiger partial charge in [-0.3, -0.25) is 0 Å². The molecule has 3 aromatic carbocycles. The molecule has 5 aromatic rings. The number of fused-ring (bicyclic) bond motifs is 2. The molecule has 0 spiro atoms. The molecule has 0 unspecified atom stereocenters. The number of halogens is 1. The van der Waals surface area contributed by atoms with Crippen LogP contribution in [0.3, 0.4) is 0 Å². The van der Waals surface area contributed by atoms with E-state index in [9.17, 15) is 0 Å². The Bertz CT molecular complexity index is 1250. The summed E-state index contributed by atoms with van der Waals surface area (Å²) in [6.07, 6.45) is 0. The number of rotatable bonds is 2. The molecular weight excluding hydrogens is 360 g/mol. The van der Waals surface area contributed by atoms with Gasteiger partial charge in [0, 0.05) is 21.0 Å². The van der Waals surface area contributed by atoms with Crippen molar-refractivity contribution in [2.24, 2.45) is 0 Å². The van der Waals surface area contributed by atoms with E-state index < -0.39 is 0 Å². The Labute approximate surface area is 159 Å². The molecule has 0 aliphatic carbocycles. The van der Waals surface area contributed by atoms with Gasteiger partial charge in [-0.05, 0) is 29.3 Å². The third kappa shape index (κ3) is 2.48. The van der Waals surface area contributed by atoms with E-state index in [1.165, 1.54) is 21.2 Å². The van der Waals surface area contributed by atoms with Crippen molar-refractivity contribution in [1.82, 2.24) is 9.97 Å². The molecule has 5 rings (SSSR count). The second-order valence-corrected chi connectivity index (χ2v) is 7.42. The minimum Gasteiger partial charge on any atom is -0.218 e. The summed E-state index contributed by atoms with van der Waals surface area (Å²) in [5.74, 6) is 0. The van der Waals surface area contributed by atoms with Crippen molar-refractivity contribution in [3.63, 3.8) is 0 Å². The highest BCUT2D eigenvalue weighted by atomic mass is 35.5. The van der Waals surface area contributed by atoms with E-state index in [1.54, 1.807) is 11.3 Å². The third-order valence-electron chi connectivity index (χ3n) is 4.45. The van der Waals surface area contributed by atoms with Crippen molar-refractivity contribution in [3.05, 3.63) is 84.1 Å². The minimum atomic E-state index is 0.273. The normalized spacial score (nSPS) is 11.3. The largest absolute Gasteiger partial charge is 0.223 e. The Balaban J connectivity index is 1.92. The Morgan fingerprint density at radius 2 is 1.38 bits per heavy atom. The second kappa shape index (κ2) is 6.20. The highest BCUT2D eigenvalue weighted by Crippen LogP contribution is 2.45. The van der Waals surface area contributed by atoms with Crippen LogP contribution >= 0.6 is 22.9 Å². The highest BCUT2D eigenvalue weighted by Gasteiger charge is 2.19. The van der Waals surface area contributed by atoms with E-state index in [0.717, 1.165) is 21.5 Å². The fraction of sp³-hybridized carbons (Fsp3) is 0. The summed E-state index contributed by atoms with van der Waals surface area (Å²) in [5.41, 5.74) is 4.13. The quantitative estimate of drug-likeness (QED) is 0.317. The number of benzene rings is 3. The lowest BCUT2D eigenvalue weighted by Gasteiger charge is -2.08. The molecule has 26 heavy (non-hydrogen) atoms. The first kappa shape index (κ1) is 15.5. The molecule has 2 nitrogen and oxygen atoms in total. The zero-order valence-corrected chi connectivity index (χ0v) is 15.3. The molecule has 0 amide bonds. The maximum absolute atomic E-state index is 6.25. The number of thiophene rings is 1. The minimum absolute atomic E-state index is 0.273. The van der Waals surface area contributed by atoms with Crippen LogP contribution in [0.1, 0.15) is 0 Å². The van der Waals surface area contributed by atoms with Crippen molar-refractivity contribution < 1.29 is 0 Å². The average Bonchev–Trinajstić information content (AvgIpc) is 3.07. The molecular formula is C22H13ClN2S. The molecule has 124 valence electrons. The van der Waals surface area contributed by atoms with Crippen molar-refractivity contribution in [2.45, 2.75) is 0 Å². The van der Waals surface area contributed by atoms with Crippen LogP contribution in [-0.4, -0.2) is 9.97 Å². The van der Waals surface area contributed by atoms with Crippen LogP contribution in [0.4, 0.5) is 0 Å². The molecule has 0 saturated carbocycles. The lowest BCUT2D eigenvalue weighted by molar-refractivity contribution is 1.23. The van der Waals surface area contributed by atoms with Gasteiger partial charge in [0.2, 0.25) is 5.28 Å². The van der Waals surface area contributed by atoms with Gasteiger partial charge in [-0.15, -0.1) is 11.3 Å². The molecule has 0 radical (unpaired) electrons. The Kier molecular flexibility index (Phi) is 3.70. The number of para-hydroxylation sites is 1. The molecule has 0 aliphatic heterocycles. The Morgan fingerprint density at radius 1 is 0.692 bits per heavy atom. The van der Waals surface area contributed by atoms with Crippen LogP contribution in [0.25, 0.3) is 42.7 Å². The van der Waals surface area contributed by atoms with Crippen LogP contribution in [0.5, 0.6) is 0 Å². The summed E-state index contributed by atoms with van der Waals surface area (Å²) in [6, 6.07) is 26.9. The topological polar surface area (TPSA) is 25.8 Å². The van der Waals surface area contributed by atoms with Crippen LogP contribution in [0.15, 0.2) is 78.9 Å². The first-order valence-corrected chi connectivity index (χ1v) is 9.50. The fourth-order valence-electron chi connectivity index (χ4n) is 3.32. The van der Waals surface area contributed by atoms with Crippen molar-refractivity contribution in [3.8, 4) is 21.7 Å². The van der Waals surface area contributed by atoms with E-state index in [0.29, 0.717) is 0 Å². The van der Waals surface area contributed by atoms with Gasteiger partial charge in [0.1, 0.15) is 0 Å². The number of hydrogen-bond acceptors (Lipinski definition) is 3. The molecule has 0 fully saturated rings. The van der Waals surface area contributed by atoms with Gasteiger partial charge in [0.05, 0.1) is 16.1 Å². The maximum Gasteiger partial charge on any atom is 0.223 e. The van der Waals surface area contributed by atoms with Crippen molar-refractivity contribution in [1.29, 1.82) is 0 Å². The zero-order chi connectivity index (χ0) is 17.5. The van der Waals surface area contributed by atoms with Crippen molar-refractivity contribution >= 4 is 43.9 Å². The van der Waals surface area contributed by atoms with E-state index >= 15 is 0 Å². The standard InChI is InChI=1S/C22H13ClN2S/c23-22-24-17-12-6-4-10-15(17)20(25-22)21-19(14-8-2-1-3-9-14)16-11-5-7-13-18(16)26-21/h1-13H. The van der Waals surface area contributed by atoms with Gasteiger partial charge in [0.25, 0.3) is 0 Å². The van der Waals surface area contributed by atoms with Gasteiger partial charge in [-0.2, -0.15) is 0 Å². The van der Waals surface area contributed by atoms with Crippen LogP contribution < -0.4 is 0 Å². The monoisotopic (exact) mass is 372 g/mol. The van der Waals surface area contributed by atoms with Crippen molar-refractivity contribution in [2.75, 3.05) is 0 Å². The maximum atomic E-state index is 6.25. The van der Waals surface area contributed by atoms with Gasteiger partial charge in [-0.1, -0.05) is 66.7 Å². The Hall–Kier alpha value is -2.75. The summed E-state index contributed by atoms with van der Waals surface area (Å²) in [4.78, 5) is 10.1. The molecule has 0 atom stereocenters. The van der Waals surface area contributed by atoms with Crippen LogP contribution in [0, 0.1) is 0 Å². The molecule has 0 bridgehead atoms. The molecule has 4 heteroatoms. The van der Waals surface area contributed by atoms with Crippen LogP contribution in [0.2, 0.25) is 5.28 Å². The summed E-state index contributed by atoms with van der Waals surface area (Å²) in [6.45, 7) is 0. The summed E-state index contributed by atoms with van der Waals surface area (Å²) in [5, 5.41) is 2.52. The lowest BCUT2D eigenvalue weighted by Crippen LogP contribution is -1.91. The third-order valence-corrected chi connectivity index (χ3v) is 5.80.